The fourth-order valence-corrected chi connectivity index (χ4v) is 4.68. The van der Waals surface area contributed by atoms with Gasteiger partial charge in [0, 0.05) is 21.6 Å². The fourth-order valence-electron chi connectivity index (χ4n) is 2.13. The molecule has 1 aliphatic carbocycles. The topological polar surface area (TPSA) is 63.2 Å². The fraction of sp³-hybridized carbons (Fsp3) is 0.583. The standard InChI is InChI=1S/C12H16ClNO3S2/c1-7-9(6-18-11(7)19(13,16)17)10(15)14-12(2,3)8-4-5-8/h6,8H,4-5H2,1-3H3,(H,14,15). The maximum atomic E-state index is 12.2. The molecule has 0 aromatic carbocycles. The van der Waals surface area contributed by atoms with Crippen molar-refractivity contribution in [3.8, 4) is 0 Å². The second-order valence-corrected chi connectivity index (χ2v) is 9.09. The molecule has 1 amide bonds. The molecular weight excluding hydrogens is 306 g/mol. The molecule has 0 spiro atoms. The van der Waals surface area contributed by atoms with Gasteiger partial charge in [-0.1, -0.05) is 0 Å². The number of thiophene rings is 1. The lowest BCUT2D eigenvalue weighted by atomic mass is 9.98. The Hall–Kier alpha value is -0.590. The average Bonchev–Trinajstić information content (AvgIpc) is 3.00. The zero-order valence-corrected chi connectivity index (χ0v) is 13.4. The largest absolute Gasteiger partial charge is 0.347 e. The Morgan fingerprint density at radius 2 is 2.05 bits per heavy atom. The van der Waals surface area contributed by atoms with Crippen molar-refractivity contribution in [2.24, 2.45) is 5.92 Å². The Balaban J connectivity index is 2.23. The van der Waals surface area contributed by atoms with Crippen molar-refractivity contribution in [2.75, 3.05) is 0 Å². The van der Waals surface area contributed by atoms with Crippen LogP contribution in [0.2, 0.25) is 0 Å². The highest BCUT2D eigenvalue weighted by Gasteiger charge is 2.39. The highest BCUT2D eigenvalue weighted by atomic mass is 35.7. The molecule has 1 saturated carbocycles. The van der Waals surface area contributed by atoms with Gasteiger partial charge in [-0.25, -0.2) is 8.42 Å². The van der Waals surface area contributed by atoms with Gasteiger partial charge in [0.05, 0.1) is 5.56 Å². The Morgan fingerprint density at radius 1 is 1.47 bits per heavy atom. The van der Waals surface area contributed by atoms with E-state index in [2.05, 4.69) is 5.32 Å². The van der Waals surface area contributed by atoms with E-state index < -0.39 is 9.05 Å². The smallest absolute Gasteiger partial charge is 0.271 e. The Morgan fingerprint density at radius 3 is 2.47 bits per heavy atom. The second-order valence-electron chi connectivity index (χ2n) is 5.45. The van der Waals surface area contributed by atoms with Crippen LogP contribution in [0.4, 0.5) is 0 Å². The van der Waals surface area contributed by atoms with Gasteiger partial charge in [0.2, 0.25) is 0 Å². The van der Waals surface area contributed by atoms with Crippen LogP contribution in [0.3, 0.4) is 0 Å². The molecule has 0 unspecified atom stereocenters. The third-order valence-electron chi connectivity index (χ3n) is 3.49. The highest BCUT2D eigenvalue weighted by Crippen LogP contribution is 2.39. The van der Waals surface area contributed by atoms with E-state index in [1.165, 1.54) is 0 Å². The van der Waals surface area contributed by atoms with E-state index in [0.29, 0.717) is 17.0 Å². The van der Waals surface area contributed by atoms with Gasteiger partial charge in [-0.2, -0.15) is 0 Å². The Bertz CT molecular complexity index is 615. The molecule has 19 heavy (non-hydrogen) atoms. The van der Waals surface area contributed by atoms with Crippen molar-refractivity contribution in [3.63, 3.8) is 0 Å². The molecular formula is C12H16ClNO3S2. The number of carbonyl (C=O) groups is 1. The Kier molecular flexibility index (Phi) is 3.70. The van der Waals surface area contributed by atoms with Gasteiger partial charge in [0.15, 0.2) is 0 Å². The van der Waals surface area contributed by atoms with Gasteiger partial charge in [-0.3, -0.25) is 4.79 Å². The van der Waals surface area contributed by atoms with Gasteiger partial charge in [-0.15, -0.1) is 11.3 Å². The number of halogens is 1. The monoisotopic (exact) mass is 321 g/mol. The number of rotatable bonds is 4. The third-order valence-corrected chi connectivity index (χ3v) is 6.80. The summed E-state index contributed by atoms with van der Waals surface area (Å²) in [7, 11) is 1.54. The molecule has 1 N–H and O–H groups in total. The van der Waals surface area contributed by atoms with E-state index in [-0.39, 0.29) is 15.7 Å². The molecule has 0 atom stereocenters. The minimum absolute atomic E-state index is 0.0449. The lowest BCUT2D eigenvalue weighted by Gasteiger charge is -2.26. The first-order valence-electron chi connectivity index (χ1n) is 5.98. The summed E-state index contributed by atoms with van der Waals surface area (Å²) in [4.78, 5) is 12.2. The number of carbonyl (C=O) groups excluding carboxylic acids is 1. The molecule has 1 aliphatic rings. The van der Waals surface area contributed by atoms with Crippen LogP contribution < -0.4 is 5.32 Å². The zero-order chi connectivity index (χ0) is 14.4. The maximum absolute atomic E-state index is 12.2. The summed E-state index contributed by atoms with van der Waals surface area (Å²) in [6.45, 7) is 5.58. The lowest BCUT2D eigenvalue weighted by molar-refractivity contribution is 0.0903. The first-order valence-corrected chi connectivity index (χ1v) is 9.17. The van der Waals surface area contributed by atoms with Crippen LogP contribution in [0.1, 0.15) is 42.6 Å². The van der Waals surface area contributed by atoms with Crippen LogP contribution in [0.25, 0.3) is 0 Å². The molecule has 1 heterocycles. The summed E-state index contributed by atoms with van der Waals surface area (Å²) < 4.78 is 22.7. The van der Waals surface area contributed by atoms with Crippen molar-refractivity contribution in [1.82, 2.24) is 5.32 Å². The summed E-state index contributed by atoms with van der Waals surface area (Å²) in [5, 5.41) is 4.51. The average molecular weight is 322 g/mol. The predicted molar refractivity (Wildman–Crippen MR) is 76.4 cm³/mol. The van der Waals surface area contributed by atoms with Crippen molar-refractivity contribution in [3.05, 3.63) is 16.5 Å². The SMILES string of the molecule is Cc1c(C(=O)NC(C)(C)C2CC2)csc1S(=O)(=O)Cl. The van der Waals surface area contributed by atoms with Crippen LogP contribution in [-0.2, 0) is 9.05 Å². The van der Waals surface area contributed by atoms with Gasteiger partial charge in [0.25, 0.3) is 15.0 Å². The molecule has 7 heteroatoms. The summed E-state index contributed by atoms with van der Waals surface area (Å²) in [6, 6.07) is 0. The Labute approximate surface area is 121 Å². The number of amides is 1. The minimum atomic E-state index is -3.78. The van der Waals surface area contributed by atoms with E-state index in [0.717, 1.165) is 24.2 Å². The van der Waals surface area contributed by atoms with Crippen LogP contribution in [0.15, 0.2) is 9.59 Å². The molecule has 106 valence electrons. The normalized spacial score (nSPS) is 16.4. The van der Waals surface area contributed by atoms with Crippen LogP contribution in [0.5, 0.6) is 0 Å². The first kappa shape index (κ1) is 14.8. The number of hydrogen-bond donors (Lipinski definition) is 1. The summed E-state index contributed by atoms with van der Waals surface area (Å²) in [6.07, 6.45) is 2.24. The third kappa shape index (κ3) is 3.12. The van der Waals surface area contributed by atoms with Crippen LogP contribution in [-0.4, -0.2) is 19.9 Å². The minimum Gasteiger partial charge on any atom is -0.347 e. The van der Waals surface area contributed by atoms with E-state index in [4.69, 9.17) is 10.7 Å². The first-order chi connectivity index (χ1) is 8.63. The van der Waals surface area contributed by atoms with E-state index in [1.54, 1.807) is 12.3 Å². The zero-order valence-electron chi connectivity index (χ0n) is 11.0. The molecule has 4 nitrogen and oxygen atoms in total. The van der Waals surface area contributed by atoms with Gasteiger partial charge in [-0.05, 0) is 45.1 Å². The molecule has 1 fully saturated rings. The molecule has 0 aliphatic heterocycles. The van der Waals surface area contributed by atoms with Gasteiger partial charge >= 0.3 is 0 Å². The van der Waals surface area contributed by atoms with Crippen molar-refractivity contribution in [2.45, 2.75) is 43.4 Å². The summed E-state index contributed by atoms with van der Waals surface area (Å²) in [5.74, 6) is 0.267. The molecule has 1 aromatic rings. The quantitative estimate of drug-likeness (QED) is 0.867. The highest BCUT2D eigenvalue weighted by molar-refractivity contribution is 8.15. The van der Waals surface area contributed by atoms with Crippen molar-refractivity contribution >= 4 is 37.0 Å². The van der Waals surface area contributed by atoms with Crippen LogP contribution >= 0.6 is 22.0 Å². The van der Waals surface area contributed by atoms with E-state index in [9.17, 15) is 13.2 Å². The van der Waals surface area contributed by atoms with E-state index >= 15 is 0 Å². The summed E-state index contributed by atoms with van der Waals surface area (Å²) >= 11 is 0.981. The lowest BCUT2D eigenvalue weighted by Crippen LogP contribution is -2.45. The van der Waals surface area contributed by atoms with Crippen molar-refractivity contribution in [1.29, 1.82) is 0 Å². The van der Waals surface area contributed by atoms with Gasteiger partial charge < -0.3 is 5.32 Å². The molecule has 0 saturated heterocycles. The summed E-state index contributed by atoms with van der Waals surface area (Å²) in [5.41, 5.74) is 0.549. The van der Waals surface area contributed by atoms with Gasteiger partial charge in [0.1, 0.15) is 4.21 Å². The number of nitrogens with one attached hydrogen (secondary N) is 1. The number of hydrogen-bond acceptors (Lipinski definition) is 4. The molecule has 0 bridgehead atoms. The van der Waals surface area contributed by atoms with E-state index in [1.807, 2.05) is 13.8 Å². The van der Waals surface area contributed by atoms with Crippen molar-refractivity contribution < 1.29 is 13.2 Å². The maximum Gasteiger partial charge on any atom is 0.271 e. The predicted octanol–water partition coefficient (Wildman–Crippen LogP) is 2.90. The van der Waals surface area contributed by atoms with Crippen LogP contribution in [0, 0.1) is 12.8 Å². The second kappa shape index (κ2) is 4.75. The molecule has 0 radical (unpaired) electrons. The molecule has 2 rings (SSSR count). The molecule has 1 aromatic heterocycles.